The lowest BCUT2D eigenvalue weighted by molar-refractivity contribution is 0.234. The van der Waals surface area contributed by atoms with Crippen molar-refractivity contribution < 1.29 is 0 Å². The molecule has 0 saturated carbocycles. The van der Waals surface area contributed by atoms with Crippen molar-refractivity contribution in [3.05, 3.63) is 34.9 Å². The third kappa shape index (κ3) is 6.71. The molecule has 4 heteroatoms. The molecule has 1 atom stereocenters. The number of hydrogen-bond donors (Lipinski definition) is 1. The minimum absolute atomic E-state index is 0.0889. The Hall–Kier alpha value is -0.610. The lowest BCUT2D eigenvalue weighted by atomic mass is 10.0. The van der Waals surface area contributed by atoms with Gasteiger partial charge in [0.05, 0.1) is 0 Å². The van der Waals surface area contributed by atoms with Gasteiger partial charge in [-0.1, -0.05) is 30.7 Å². The van der Waals surface area contributed by atoms with Gasteiger partial charge in [-0.15, -0.1) is 0 Å². The zero-order chi connectivity index (χ0) is 15.0. The standard InChI is InChI=1S/C16H28ClN3/c1-4-10-20(13-12-19(2)3)11-9-16(18)14-5-7-15(17)8-6-14/h5-8,16H,4,9-13,18H2,1-3H3. The number of nitrogens with zero attached hydrogens (tertiary/aromatic N) is 2. The Morgan fingerprint density at radius 2 is 1.70 bits per heavy atom. The van der Waals surface area contributed by atoms with E-state index < -0.39 is 0 Å². The number of benzene rings is 1. The Labute approximate surface area is 128 Å². The summed E-state index contributed by atoms with van der Waals surface area (Å²) in [5, 5.41) is 0.763. The van der Waals surface area contributed by atoms with Gasteiger partial charge in [-0.25, -0.2) is 0 Å². The predicted octanol–water partition coefficient (Wildman–Crippen LogP) is 3.00. The first-order chi connectivity index (χ1) is 9.52. The van der Waals surface area contributed by atoms with Gasteiger partial charge in [0.1, 0.15) is 0 Å². The smallest absolute Gasteiger partial charge is 0.0406 e. The van der Waals surface area contributed by atoms with Gasteiger partial charge in [0.15, 0.2) is 0 Å². The lowest BCUT2D eigenvalue weighted by Crippen LogP contribution is -2.34. The van der Waals surface area contributed by atoms with Crippen molar-refractivity contribution >= 4 is 11.6 Å². The van der Waals surface area contributed by atoms with Crippen LogP contribution in [0.25, 0.3) is 0 Å². The quantitative estimate of drug-likeness (QED) is 0.760. The summed E-state index contributed by atoms with van der Waals surface area (Å²) in [5.74, 6) is 0. The summed E-state index contributed by atoms with van der Waals surface area (Å²) in [5.41, 5.74) is 7.43. The van der Waals surface area contributed by atoms with Gasteiger partial charge < -0.3 is 15.5 Å². The second-order valence-electron chi connectivity index (χ2n) is 5.59. The molecule has 0 aliphatic rings. The Balaban J connectivity index is 2.42. The maximum atomic E-state index is 6.27. The molecule has 0 aliphatic heterocycles. The molecular weight excluding hydrogens is 270 g/mol. The van der Waals surface area contributed by atoms with Gasteiger partial charge in [-0.2, -0.15) is 0 Å². The van der Waals surface area contributed by atoms with Crippen molar-refractivity contribution in [3.8, 4) is 0 Å². The fraction of sp³-hybridized carbons (Fsp3) is 0.625. The van der Waals surface area contributed by atoms with E-state index in [-0.39, 0.29) is 6.04 Å². The van der Waals surface area contributed by atoms with E-state index in [2.05, 4.69) is 30.8 Å². The van der Waals surface area contributed by atoms with Gasteiger partial charge >= 0.3 is 0 Å². The normalized spacial score (nSPS) is 13.2. The van der Waals surface area contributed by atoms with Crippen LogP contribution in [0.3, 0.4) is 0 Å². The van der Waals surface area contributed by atoms with Crippen molar-refractivity contribution in [1.29, 1.82) is 0 Å². The summed E-state index contributed by atoms with van der Waals surface area (Å²) >= 11 is 5.90. The average Bonchev–Trinajstić information content (AvgIpc) is 2.42. The van der Waals surface area contributed by atoms with E-state index >= 15 is 0 Å². The van der Waals surface area contributed by atoms with E-state index in [1.807, 2.05) is 24.3 Å². The van der Waals surface area contributed by atoms with Crippen LogP contribution in [0.5, 0.6) is 0 Å². The number of hydrogen-bond acceptors (Lipinski definition) is 3. The van der Waals surface area contributed by atoms with Crippen molar-refractivity contribution in [3.63, 3.8) is 0 Å². The number of rotatable bonds is 9. The Bertz CT molecular complexity index is 364. The second-order valence-corrected chi connectivity index (χ2v) is 6.03. The fourth-order valence-corrected chi connectivity index (χ4v) is 2.32. The van der Waals surface area contributed by atoms with E-state index in [9.17, 15) is 0 Å². The van der Waals surface area contributed by atoms with E-state index in [1.165, 1.54) is 12.0 Å². The molecule has 0 saturated heterocycles. The van der Waals surface area contributed by atoms with E-state index in [0.29, 0.717) is 0 Å². The Morgan fingerprint density at radius 3 is 2.25 bits per heavy atom. The van der Waals surface area contributed by atoms with Crippen LogP contribution in [0.4, 0.5) is 0 Å². The molecule has 0 amide bonds. The molecule has 114 valence electrons. The summed E-state index contributed by atoms with van der Waals surface area (Å²) < 4.78 is 0. The molecule has 0 bridgehead atoms. The molecule has 0 spiro atoms. The minimum atomic E-state index is 0.0889. The lowest BCUT2D eigenvalue weighted by Gasteiger charge is -2.25. The maximum absolute atomic E-state index is 6.27. The fourth-order valence-electron chi connectivity index (χ4n) is 2.19. The van der Waals surface area contributed by atoms with Crippen LogP contribution in [0, 0.1) is 0 Å². The minimum Gasteiger partial charge on any atom is -0.324 e. The van der Waals surface area contributed by atoms with Crippen LogP contribution >= 0.6 is 11.6 Å². The summed E-state index contributed by atoms with van der Waals surface area (Å²) in [7, 11) is 4.23. The molecule has 1 unspecified atom stereocenters. The summed E-state index contributed by atoms with van der Waals surface area (Å²) in [6.45, 7) is 6.61. The first kappa shape index (κ1) is 17.4. The summed E-state index contributed by atoms with van der Waals surface area (Å²) in [6, 6.07) is 7.96. The van der Waals surface area contributed by atoms with Crippen molar-refractivity contribution in [2.75, 3.05) is 40.3 Å². The van der Waals surface area contributed by atoms with Crippen LogP contribution in [0.1, 0.15) is 31.4 Å². The molecule has 0 aliphatic carbocycles. The topological polar surface area (TPSA) is 32.5 Å². The molecule has 1 aromatic carbocycles. The van der Waals surface area contributed by atoms with E-state index in [1.54, 1.807) is 0 Å². The average molecular weight is 298 g/mol. The highest BCUT2D eigenvalue weighted by atomic mass is 35.5. The highest BCUT2D eigenvalue weighted by Gasteiger charge is 2.10. The number of likely N-dealkylation sites (N-methyl/N-ethyl adjacent to an activating group) is 1. The van der Waals surface area contributed by atoms with E-state index in [0.717, 1.165) is 37.6 Å². The van der Waals surface area contributed by atoms with Crippen molar-refractivity contribution in [1.82, 2.24) is 9.80 Å². The van der Waals surface area contributed by atoms with Gasteiger partial charge in [0.25, 0.3) is 0 Å². The molecule has 0 heterocycles. The second kappa shape index (κ2) is 9.35. The highest BCUT2D eigenvalue weighted by molar-refractivity contribution is 6.30. The molecule has 1 rings (SSSR count). The predicted molar refractivity (Wildman–Crippen MR) is 88.3 cm³/mol. The third-order valence-corrected chi connectivity index (χ3v) is 3.71. The largest absolute Gasteiger partial charge is 0.324 e. The first-order valence-corrected chi connectivity index (χ1v) is 7.79. The van der Waals surface area contributed by atoms with Crippen LogP contribution < -0.4 is 5.73 Å². The summed E-state index contributed by atoms with van der Waals surface area (Å²) in [6.07, 6.45) is 2.17. The van der Waals surface area contributed by atoms with Crippen molar-refractivity contribution in [2.24, 2.45) is 5.73 Å². The summed E-state index contributed by atoms with van der Waals surface area (Å²) in [4.78, 5) is 4.72. The van der Waals surface area contributed by atoms with Gasteiger partial charge in [-0.3, -0.25) is 0 Å². The highest BCUT2D eigenvalue weighted by Crippen LogP contribution is 2.17. The Morgan fingerprint density at radius 1 is 1.05 bits per heavy atom. The monoisotopic (exact) mass is 297 g/mol. The van der Waals surface area contributed by atoms with Gasteiger partial charge in [-0.05, 0) is 57.7 Å². The van der Waals surface area contributed by atoms with Crippen LogP contribution in [0.2, 0.25) is 5.02 Å². The maximum Gasteiger partial charge on any atom is 0.0406 e. The van der Waals surface area contributed by atoms with Gasteiger partial charge in [0, 0.05) is 24.2 Å². The van der Waals surface area contributed by atoms with Gasteiger partial charge in [0.2, 0.25) is 0 Å². The molecule has 2 N–H and O–H groups in total. The molecule has 0 radical (unpaired) electrons. The zero-order valence-electron chi connectivity index (χ0n) is 13.0. The zero-order valence-corrected chi connectivity index (χ0v) is 13.7. The molecule has 0 aromatic heterocycles. The first-order valence-electron chi connectivity index (χ1n) is 7.41. The van der Waals surface area contributed by atoms with Crippen LogP contribution in [-0.4, -0.2) is 50.1 Å². The molecule has 20 heavy (non-hydrogen) atoms. The molecule has 0 fully saturated rings. The molecular formula is C16H28ClN3. The van der Waals surface area contributed by atoms with Crippen LogP contribution in [0.15, 0.2) is 24.3 Å². The number of nitrogens with two attached hydrogens (primary N) is 1. The molecule has 3 nitrogen and oxygen atoms in total. The van der Waals surface area contributed by atoms with Crippen molar-refractivity contribution in [2.45, 2.75) is 25.8 Å². The van der Waals surface area contributed by atoms with E-state index in [4.69, 9.17) is 17.3 Å². The van der Waals surface area contributed by atoms with Crippen LogP contribution in [-0.2, 0) is 0 Å². The number of halogens is 1. The molecule has 1 aromatic rings. The third-order valence-electron chi connectivity index (χ3n) is 3.46. The Kier molecular flexibility index (Phi) is 8.15. The SMILES string of the molecule is CCCN(CCC(N)c1ccc(Cl)cc1)CCN(C)C.